The van der Waals surface area contributed by atoms with Crippen LogP contribution in [0.2, 0.25) is 0 Å². The second kappa shape index (κ2) is 11.8. The number of thioether (sulfide) groups is 1. The Morgan fingerprint density at radius 1 is 0.932 bits per heavy atom. The van der Waals surface area contributed by atoms with Crippen molar-refractivity contribution in [2.75, 3.05) is 16.8 Å². The number of aryl methyl sites for hydroxylation is 1. The number of phenols is 1. The number of nitrogens with zero attached hydrogens (tertiary/aromatic N) is 2. The minimum atomic E-state index is -0.825. The van der Waals surface area contributed by atoms with E-state index >= 15 is 0 Å². The lowest BCUT2D eigenvalue weighted by Crippen LogP contribution is -2.33. The molecular weight excluding hydrogens is 603 g/mol. The first kappa shape index (κ1) is 29.4. The van der Waals surface area contributed by atoms with Crippen molar-refractivity contribution < 1.29 is 29.0 Å². The summed E-state index contributed by atoms with van der Waals surface area (Å²) in [5.41, 5.74) is 2.90. The zero-order chi connectivity index (χ0) is 31.1. The average molecular weight is 630 g/mol. The van der Waals surface area contributed by atoms with Crippen molar-refractivity contribution in [2.45, 2.75) is 36.6 Å². The van der Waals surface area contributed by atoms with Crippen LogP contribution >= 0.6 is 23.1 Å². The molecule has 0 spiro atoms. The highest BCUT2D eigenvalue weighted by Gasteiger charge is 2.56. The molecule has 0 aliphatic carbocycles. The number of thiazole rings is 1. The van der Waals surface area contributed by atoms with Crippen molar-refractivity contribution in [3.8, 4) is 5.75 Å². The van der Waals surface area contributed by atoms with Crippen LogP contribution in [0.25, 0.3) is 0 Å². The van der Waals surface area contributed by atoms with Crippen LogP contribution in [0.15, 0.2) is 82.6 Å². The number of esters is 1. The van der Waals surface area contributed by atoms with E-state index in [1.54, 1.807) is 43.3 Å². The Balaban J connectivity index is 1.33. The van der Waals surface area contributed by atoms with Crippen molar-refractivity contribution in [1.29, 1.82) is 0 Å². The fourth-order valence-electron chi connectivity index (χ4n) is 5.49. The SMILES string of the molecule is CCOC(=O)c1ccc(NC(=O)Cn2c3c(sc2=O)C(c2ccc(O)cc2)C2C(=O)N(c4ccc(C)cc4)C(=O)C2S3)cc1. The summed E-state index contributed by atoms with van der Waals surface area (Å²) in [6, 6.07) is 19.7. The summed E-state index contributed by atoms with van der Waals surface area (Å²) in [6.45, 7) is 3.55. The third-order valence-electron chi connectivity index (χ3n) is 7.58. The third kappa shape index (κ3) is 5.31. The van der Waals surface area contributed by atoms with E-state index in [0.29, 0.717) is 32.4 Å². The molecule has 6 rings (SSSR count). The number of rotatable bonds is 7. The Bertz CT molecular complexity index is 1830. The minimum absolute atomic E-state index is 0.0449. The Morgan fingerprint density at radius 2 is 1.61 bits per heavy atom. The van der Waals surface area contributed by atoms with Crippen LogP contribution in [-0.2, 0) is 25.7 Å². The number of nitrogens with one attached hydrogen (secondary N) is 1. The van der Waals surface area contributed by atoms with Crippen LogP contribution in [0.1, 0.15) is 39.2 Å². The van der Waals surface area contributed by atoms with E-state index in [-0.39, 0.29) is 30.7 Å². The number of ether oxygens (including phenoxy) is 1. The molecule has 1 fully saturated rings. The van der Waals surface area contributed by atoms with Crippen molar-refractivity contribution >= 4 is 58.2 Å². The number of aromatic hydroxyl groups is 1. The molecule has 3 heterocycles. The number of hydrogen-bond acceptors (Lipinski definition) is 9. The maximum Gasteiger partial charge on any atom is 0.338 e. The van der Waals surface area contributed by atoms with Gasteiger partial charge in [-0.2, -0.15) is 0 Å². The van der Waals surface area contributed by atoms with Crippen LogP contribution in [0.5, 0.6) is 5.75 Å². The first-order chi connectivity index (χ1) is 21.2. The molecule has 224 valence electrons. The molecule has 0 bridgehead atoms. The Morgan fingerprint density at radius 3 is 2.27 bits per heavy atom. The van der Waals surface area contributed by atoms with Crippen molar-refractivity contribution in [1.82, 2.24) is 4.57 Å². The van der Waals surface area contributed by atoms with Gasteiger partial charge in [0.05, 0.1) is 28.8 Å². The third-order valence-corrected chi connectivity index (χ3v) is 10.2. The molecule has 2 N–H and O–H groups in total. The molecule has 12 heteroatoms. The number of benzene rings is 3. The van der Waals surface area contributed by atoms with Gasteiger partial charge in [-0.05, 0) is 67.9 Å². The van der Waals surface area contributed by atoms with Gasteiger partial charge in [-0.3, -0.25) is 23.7 Å². The second-order valence-electron chi connectivity index (χ2n) is 10.5. The van der Waals surface area contributed by atoms with Crippen LogP contribution in [0, 0.1) is 12.8 Å². The molecule has 3 aromatic carbocycles. The summed E-state index contributed by atoms with van der Waals surface area (Å²) >= 11 is 2.07. The summed E-state index contributed by atoms with van der Waals surface area (Å²) in [7, 11) is 0. The molecule has 44 heavy (non-hydrogen) atoms. The summed E-state index contributed by atoms with van der Waals surface area (Å²) in [5, 5.41) is 12.3. The molecule has 2 aliphatic rings. The Hall–Kier alpha value is -4.68. The fraction of sp³-hybridized carbons (Fsp3) is 0.219. The molecule has 0 radical (unpaired) electrons. The standard InChI is InChI=1S/C32H27N3O7S2/c1-3-42-31(40)19-6-10-20(11-7-19)33-23(37)16-34-30-27(44-32(34)41)24(18-8-14-22(36)15-9-18)25-26(43-30)29(39)35(28(25)38)21-12-4-17(2)5-13-21/h4-15,24-26,36H,3,16H2,1-2H3,(H,33,37). The predicted octanol–water partition coefficient (Wildman–Crippen LogP) is 4.54. The maximum absolute atomic E-state index is 13.9. The van der Waals surface area contributed by atoms with E-state index in [1.807, 2.05) is 19.1 Å². The molecule has 0 saturated carbocycles. The smallest absolute Gasteiger partial charge is 0.338 e. The molecule has 3 amide bonds. The number of carbonyl (C=O) groups is 4. The van der Waals surface area contributed by atoms with E-state index in [9.17, 15) is 29.1 Å². The largest absolute Gasteiger partial charge is 0.508 e. The molecule has 3 unspecified atom stereocenters. The lowest BCUT2D eigenvalue weighted by molar-refractivity contribution is -0.122. The summed E-state index contributed by atoms with van der Waals surface area (Å²) in [4.78, 5) is 67.5. The lowest BCUT2D eigenvalue weighted by atomic mass is 9.83. The van der Waals surface area contributed by atoms with Crippen LogP contribution in [-0.4, -0.2) is 45.2 Å². The zero-order valence-corrected chi connectivity index (χ0v) is 25.3. The molecule has 3 atom stereocenters. The number of phenolic OH excluding ortho intramolecular Hbond substituents is 1. The molecule has 10 nitrogen and oxygen atoms in total. The average Bonchev–Trinajstić information content (AvgIpc) is 3.45. The molecule has 4 aromatic rings. The minimum Gasteiger partial charge on any atom is -0.508 e. The molecule has 1 saturated heterocycles. The van der Waals surface area contributed by atoms with Gasteiger partial charge in [0.1, 0.15) is 17.5 Å². The van der Waals surface area contributed by atoms with Crippen molar-refractivity contribution in [3.05, 3.63) is 104 Å². The summed E-state index contributed by atoms with van der Waals surface area (Å²) < 4.78 is 6.32. The van der Waals surface area contributed by atoms with Gasteiger partial charge in [0.2, 0.25) is 17.7 Å². The number of imide groups is 1. The van der Waals surface area contributed by atoms with E-state index in [1.165, 1.54) is 33.7 Å². The van der Waals surface area contributed by atoms with Gasteiger partial charge in [0.25, 0.3) is 0 Å². The number of amides is 3. The van der Waals surface area contributed by atoms with Gasteiger partial charge < -0.3 is 15.2 Å². The van der Waals surface area contributed by atoms with E-state index < -0.39 is 33.8 Å². The maximum atomic E-state index is 13.9. The number of fused-ring (bicyclic) bond motifs is 2. The van der Waals surface area contributed by atoms with Gasteiger partial charge in [-0.15, -0.1) is 0 Å². The van der Waals surface area contributed by atoms with Crippen molar-refractivity contribution in [2.24, 2.45) is 5.92 Å². The van der Waals surface area contributed by atoms with Gasteiger partial charge in [-0.1, -0.05) is 52.9 Å². The van der Waals surface area contributed by atoms with Crippen LogP contribution in [0.3, 0.4) is 0 Å². The predicted molar refractivity (Wildman–Crippen MR) is 166 cm³/mol. The van der Waals surface area contributed by atoms with E-state index in [0.717, 1.165) is 28.7 Å². The number of anilines is 2. The summed E-state index contributed by atoms with van der Waals surface area (Å²) in [5.74, 6) is -3.08. The first-order valence-electron chi connectivity index (χ1n) is 13.9. The quantitative estimate of drug-likeness (QED) is 0.225. The number of aromatic nitrogens is 1. The highest BCUT2D eigenvalue weighted by Crippen LogP contribution is 2.54. The highest BCUT2D eigenvalue weighted by molar-refractivity contribution is 8.00. The van der Waals surface area contributed by atoms with Crippen LogP contribution in [0.4, 0.5) is 11.4 Å². The van der Waals surface area contributed by atoms with Gasteiger partial charge in [-0.25, -0.2) is 9.69 Å². The highest BCUT2D eigenvalue weighted by atomic mass is 32.2. The lowest BCUT2D eigenvalue weighted by Gasteiger charge is -2.30. The summed E-state index contributed by atoms with van der Waals surface area (Å²) in [6.07, 6.45) is 0. The first-order valence-corrected chi connectivity index (χ1v) is 15.6. The Kier molecular flexibility index (Phi) is 7.87. The van der Waals surface area contributed by atoms with Crippen molar-refractivity contribution in [3.63, 3.8) is 0 Å². The molecular formula is C32H27N3O7S2. The normalized spacial score (nSPS) is 19.0. The van der Waals surface area contributed by atoms with E-state index in [2.05, 4.69) is 5.32 Å². The fourth-order valence-corrected chi connectivity index (χ4v) is 8.27. The monoisotopic (exact) mass is 629 g/mol. The zero-order valence-electron chi connectivity index (χ0n) is 23.7. The van der Waals surface area contributed by atoms with E-state index in [4.69, 9.17) is 4.74 Å². The number of carbonyl (C=O) groups excluding carboxylic acids is 4. The van der Waals surface area contributed by atoms with Gasteiger partial charge in [0, 0.05) is 16.5 Å². The second-order valence-corrected chi connectivity index (χ2v) is 12.6. The molecule has 1 aromatic heterocycles. The van der Waals surface area contributed by atoms with Gasteiger partial charge in [0.15, 0.2) is 0 Å². The topological polar surface area (TPSA) is 135 Å². The van der Waals surface area contributed by atoms with Crippen LogP contribution < -0.4 is 15.1 Å². The molecule has 2 aliphatic heterocycles. The Labute approximate surface area is 260 Å². The number of hydrogen-bond donors (Lipinski definition) is 2. The van der Waals surface area contributed by atoms with Gasteiger partial charge >= 0.3 is 10.8 Å².